The average molecular weight is 183 g/mol. The summed E-state index contributed by atoms with van der Waals surface area (Å²) in [6.07, 6.45) is 0.814. The Labute approximate surface area is 75.1 Å². The van der Waals surface area contributed by atoms with E-state index in [4.69, 9.17) is 9.94 Å². The van der Waals surface area contributed by atoms with Crippen LogP contribution in [-0.2, 0) is 13.0 Å². The summed E-state index contributed by atoms with van der Waals surface area (Å²) in [7, 11) is 0. The Kier molecular flexibility index (Phi) is 2.16. The zero-order valence-electron chi connectivity index (χ0n) is 7.01. The van der Waals surface area contributed by atoms with Crippen molar-refractivity contribution in [1.82, 2.24) is 5.48 Å². The van der Waals surface area contributed by atoms with E-state index in [-0.39, 0.29) is 12.4 Å². The number of hydrogen-bond donors (Lipinski definition) is 2. The third kappa shape index (κ3) is 1.38. The van der Waals surface area contributed by atoms with E-state index in [0.29, 0.717) is 17.9 Å². The second-order valence-electron chi connectivity index (χ2n) is 2.95. The number of nitrogens with one attached hydrogen (secondary N) is 1. The summed E-state index contributed by atoms with van der Waals surface area (Å²) < 4.78 is 18.5. The molecule has 0 atom stereocenters. The minimum atomic E-state index is -0.345. The van der Waals surface area contributed by atoms with Crippen molar-refractivity contribution in [3.05, 3.63) is 29.1 Å². The summed E-state index contributed by atoms with van der Waals surface area (Å²) in [5, 5.41) is 8.50. The van der Waals surface area contributed by atoms with Crippen LogP contribution in [0.5, 0.6) is 5.75 Å². The van der Waals surface area contributed by atoms with Crippen molar-refractivity contribution in [3.63, 3.8) is 0 Å². The molecule has 1 aromatic rings. The van der Waals surface area contributed by atoms with Gasteiger partial charge in [0.1, 0.15) is 11.6 Å². The number of rotatable bonds is 2. The molecular formula is C9H10FNO2. The van der Waals surface area contributed by atoms with Gasteiger partial charge in [-0.25, -0.2) is 9.87 Å². The highest BCUT2D eigenvalue weighted by molar-refractivity contribution is 5.44. The molecule has 0 aliphatic carbocycles. The Morgan fingerprint density at radius 2 is 2.38 bits per heavy atom. The molecule has 0 amide bonds. The van der Waals surface area contributed by atoms with Crippen LogP contribution in [0.2, 0.25) is 0 Å². The zero-order chi connectivity index (χ0) is 9.26. The van der Waals surface area contributed by atoms with E-state index in [9.17, 15) is 4.39 Å². The lowest BCUT2D eigenvalue weighted by molar-refractivity contribution is 0.158. The molecule has 2 N–H and O–H groups in total. The summed E-state index contributed by atoms with van der Waals surface area (Å²) in [6.45, 7) is 0.673. The topological polar surface area (TPSA) is 41.5 Å². The van der Waals surface area contributed by atoms with E-state index >= 15 is 0 Å². The highest BCUT2D eigenvalue weighted by Gasteiger charge is 2.18. The molecule has 0 fully saturated rings. The number of benzene rings is 1. The second-order valence-corrected chi connectivity index (χ2v) is 2.95. The first-order valence-electron chi connectivity index (χ1n) is 4.13. The van der Waals surface area contributed by atoms with E-state index in [0.717, 1.165) is 12.0 Å². The third-order valence-electron chi connectivity index (χ3n) is 2.16. The first-order valence-corrected chi connectivity index (χ1v) is 4.13. The van der Waals surface area contributed by atoms with Crippen molar-refractivity contribution < 1.29 is 14.3 Å². The van der Waals surface area contributed by atoms with Crippen LogP contribution in [0.3, 0.4) is 0 Å². The van der Waals surface area contributed by atoms with Gasteiger partial charge in [0.05, 0.1) is 13.2 Å². The molecule has 0 spiro atoms. The van der Waals surface area contributed by atoms with Gasteiger partial charge in [-0.1, -0.05) is 6.07 Å². The van der Waals surface area contributed by atoms with Crippen LogP contribution < -0.4 is 10.2 Å². The van der Waals surface area contributed by atoms with Crippen LogP contribution in [0.25, 0.3) is 0 Å². The van der Waals surface area contributed by atoms with Crippen LogP contribution in [0, 0.1) is 5.82 Å². The Bertz CT molecular complexity index is 328. The predicted octanol–water partition coefficient (Wildman–Crippen LogP) is 1.24. The van der Waals surface area contributed by atoms with Gasteiger partial charge >= 0.3 is 0 Å². The standard InChI is InChI=1S/C9H10FNO2/c10-8-2-1-6-3-4-13-9(6)7(8)5-11-12/h1-2,11-12H,3-5H2. The van der Waals surface area contributed by atoms with E-state index in [1.807, 2.05) is 5.48 Å². The highest BCUT2D eigenvalue weighted by Crippen LogP contribution is 2.31. The molecule has 3 nitrogen and oxygen atoms in total. The first-order chi connectivity index (χ1) is 6.33. The second kappa shape index (κ2) is 3.32. The van der Waals surface area contributed by atoms with Crippen LogP contribution >= 0.6 is 0 Å². The van der Waals surface area contributed by atoms with E-state index < -0.39 is 0 Å². The van der Waals surface area contributed by atoms with Crippen molar-refractivity contribution in [1.29, 1.82) is 0 Å². The van der Waals surface area contributed by atoms with Crippen molar-refractivity contribution in [2.24, 2.45) is 0 Å². The van der Waals surface area contributed by atoms with Crippen LogP contribution in [-0.4, -0.2) is 11.8 Å². The lowest BCUT2D eigenvalue weighted by Crippen LogP contribution is -2.09. The SMILES string of the molecule is ONCc1c(F)ccc2c1OCC2. The lowest BCUT2D eigenvalue weighted by atomic mass is 10.1. The van der Waals surface area contributed by atoms with Crippen molar-refractivity contribution in [3.8, 4) is 5.75 Å². The fourth-order valence-corrected chi connectivity index (χ4v) is 1.54. The molecule has 0 saturated carbocycles. The molecule has 4 heteroatoms. The summed E-state index contributed by atoms with van der Waals surface area (Å²) in [5.74, 6) is 0.240. The predicted molar refractivity (Wildman–Crippen MR) is 44.2 cm³/mol. The first kappa shape index (κ1) is 8.47. The smallest absolute Gasteiger partial charge is 0.131 e. The van der Waals surface area contributed by atoms with Gasteiger partial charge in [0, 0.05) is 12.0 Å². The van der Waals surface area contributed by atoms with Crippen molar-refractivity contribution >= 4 is 0 Å². The summed E-state index contributed by atoms with van der Waals surface area (Å²) in [6, 6.07) is 3.12. The average Bonchev–Trinajstić information content (AvgIpc) is 2.58. The van der Waals surface area contributed by atoms with Crippen LogP contribution in [0.1, 0.15) is 11.1 Å². The van der Waals surface area contributed by atoms with Gasteiger partial charge < -0.3 is 9.94 Å². The maximum atomic E-state index is 13.2. The molecule has 0 radical (unpaired) electrons. The molecule has 13 heavy (non-hydrogen) atoms. The molecule has 0 bridgehead atoms. The van der Waals surface area contributed by atoms with Gasteiger partial charge in [0.15, 0.2) is 0 Å². The van der Waals surface area contributed by atoms with Crippen molar-refractivity contribution in [2.75, 3.05) is 6.61 Å². The molecule has 2 rings (SSSR count). The van der Waals surface area contributed by atoms with Crippen molar-refractivity contribution in [2.45, 2.75) is 13.0 Å². The van der Waals surface area contributed by atoms with Gasteiger partial charge in [-0.15, -0.1) is 0 Å². The number of fused-ring (bicyclic) bond motifs is 1. The van der Waals surface area contributed by atoms with Gasteiger partial charge in [0.25, 0.3) is 0 Å². The normalized spacial score (nSPS) is 14.0. The molecule has 0 saturated heterocycles. The number of ether oxygens (including phenoxy) is 1. The van der Waals surface area contributed by atoms with Crippen LogP contribution in [0.4, 0.5) is 4.39 Å². The molecule has 1 aliphatic heterocycles. The molecule has 70 valence electrons. The number of hydrogen-bond acceptors (Lipinski definition) is 3. The molecule has 0 unspecified atom stereocenters. The Balaban J connectivity index is 2.45. The minimum absolute atomic E-state index is 0.0784. The fourth-order valence-electron chi connectivity index (χ4n) is 1.54. The molecule has 1 aromatic carbocycles. The fraction of sp³-hybridized carbons (Fsp3) is 0.333. The largest absolute Gasteiger partial charge is 0.493 e. The van der Waals surface area contributed by atoms with Crippen LogP contribution in [0.15, 0.2) is 12.1 Å². The van der Waals surface area contributed by atoms with Gasteiger partial charge in [0.2, 0.25) is 0 Å². The molecular weight excluding hydrogens is 173 g/mol. The maximum Gasteiger partial charge on any atom is 0.131 e. The summed E-state index contributed by atoms with van der Waals surface area (Å²) in [4.78, 5) is 0. The van der Waals surface area contributed by atoms with Gasteiger partial charge in [-0.3, -0.25) is 0 Å². The third-order valence-corrected chi connectivity index (χ3v) is 2.16. The van der Waals surface area contributed by atoms with E-state index in [1.54, 1.807) is 6.07 Å². The van der Waals surface area contributed by atoms with Gasteiger partial charge in [-0.2, -0.15) is 0 Å². The minimum Gasteiger partial charge on any atom is -0.493 e. The van der Waals surface area contributed by atoms with E-state index in [2.05, 4.69) is 0 Å². The maximum absolute atomic E-state index is 13.2. The number of hydroxylamine groups is 1. The van der Waals surface area contributed by atoms with Gasteiger partial charge in [-0.05, 0) is 11.6 Å². The van der Waals surface area contributed by atoms with E-state index in [1.165, 1.54) is 6.07 Å². The molecule has 1 aliphatic rings. The zero-order valence-corrected chi connectivity index (χ0v) is 7.01. The quantitative estimate of drug-likeness (QED) is 0.678. The highest BCUT2D eigenvalue weighted by atomic mass is 19.1. The summed E-state index contributed by atoms with van der Waals surface area (Å²) >= 11 is 0. The molecule has 0 aromatic heterocycles. The number of halogens is 1. The monoisotopic (exact) mass is 183 g/mol. The Hall–Kier alpha value is -1.13. The lowest BCUT2D eigenvalue weighted by Gasteiger charge is -2.07. The molecule has 1 heterocycles. The Morgan fingerprint density at radius 3 is 3.15 bits per heavy atom. The summed E-state index contributed by atoms with van der Waals surface area (Å²) in [5.41, 5.74) is 3.34. The Morgan fingerprint density at radius 1 is 1.54 bits per heavy atom.